The Labute approximate surface area is 203 Å². The third kappa shape index (κ3) is 5.14. The minimum Gasteiger partial charge on any atom is -0.309 e. The second-order valence-electron chi connectivity index (χ2n) is 8.50. The lowest BCUT2D eigenvalue weighted by Gasteiger charge is -2.28. The molecule has 178 valence electrons. The van der Waals surface area contributed by atoms with Gasteiger partial charge in [0, 0.05) is 13.1 Å². The smallest absolute Gasteiger partial charge is 0.253 e. The maximum atomic E-state index is 13.8. The molecule has 2 aromatic heterocycles. The third-order valence-corrected chi connectivity index (χ3v) is 10.2. The van der Waals surface area contributed by atoms with Crippen LogP contribution in [0.5, 0.6) is 0 Å². The molecule has 1 saturated heterocycles. The van der Waals surface area contributed by atoms with Crippen LogP contribution in [0, 0.1) is 0 Å². The Hall–Kier alpha value is -1.85. The van der Waals surface area contributed by atoms with E-state index in [2.05, 4.69) is 24.0 Å². The fourth-order valence-corrected chi connectivity index (χ4v) is 7.95. The Morgan fingerprint density at radius 3 is 2.76 bits per heavy atom. The van der Waals surface area contributed by atoms with Gasteiger partial charge in [-0.3, -0.25) is 9.69 Å². The zero-order chi connectivity index (χ0) is 23.6. The van der Waals surface area contributed by atoms with E-state index in [0.717, 1.165) is 29.6 Å². The minimum atomic E-state index is -3.69. The molecule has 10 heteroatoms. The van der Waals surface area contributed by atoms with Crippen LogP contribution in [0.3, 0.4) is 0 Å². The number of hydrogen-bond donors (Lipinski definition) is 0. The molecule has 1 amide bonds. The van der Waals surface area contributed by atoms with E-state index in [-0.39, 0.29) is 10.1 Å². The summed E-state index contributed by atoms with van der Waals surface area (Å²) in [5, 5.41) is 2.39. The molecule has 1 fully saturated rings. The van der Waals surface area contributed by atoms with E-state index < -0.39 is 16.1 Å². The highest BCUT2D eigenvalue weighted by Gasteiger charge is 2.42. The number of aryl methyl sites for hydroxylation is 1. The summed E-state index contributed by atoms with van der Waals surface area (Å²) in [4.78, 5) is 22.4. The number of carbonyl (C=O) groups excluding carboxylic acids is 1. The van der Waals surface area contributed by atoms with E-state index in [4.69, 9.17) is 4.98 Å². The molecule has 0 saturated carbocycles. The summed E-state index contributed by atoms with van der Waals surface area (Å²) in [5.74, 6) is -0.179. The van der Waals surface area contributed by atoms with Crippen LogP contribution in [-0.2, 0) is 21.2 Å². The van der Waals surface area contributed by atoms with Gasteiger partial charge in [-0.05, 0) is 75.5 Å². The number of rotatable bonds is 9. The molecule has 1 aliphatic rings. The lowest BCUT2D eigenvalue weighted by molar-refractivity contribution is -0.121. The van der Waals surface area contributed by atoms with E-state index in [0.29, 0.717) is 31.1 Å². The SMILES string of the molecule is CCc1ccc2nc(N(CCCN(C)C)C(=O)C3CCCN3S(=O)(=O)c3cccs3)sc2c1. The summed E-state index contributed by atoms with van der Waals surface area (Å²) >= 11 is 2.69. The first kappa shape index (κ1) is 24.3. The zero-order valence-corrected chi connectivity index (χ0v) is 21.7. The van der Waals surface area contributed by atoms with Crippen molar-refractivity contribution in [3.63, 3.8) is 0 Å². The van der Waals surface area contributed by atoms with Crippen LogP contribution in [0.1, 0.15) is 31.7 Å². The van der Waals surface area contributed by atoms with Gasteiger partial charge in [-0.2, -0.15) is 4.31 Å². The predicted molar refractivity (Wildman–Crippen MR) is 136 cm³/mol. The Kier molecular flexibility index (Phi) is 7.49. The molecule has 0 aliphatic carbocycles. The largest absolute Gasteiger partial charge is 0.309 e. The maximum Gasteiger partial charge on any atom is 0.253 e. The first-order valence-corrected chi connectivity index (χ1v) is 14.4. The van der Waals surface area contributed by atoms with Crippen LogP contribution in [0.4, 0.5) is 5.13 Å². The van der Waals surface area contributed by atoms with Crippen LogP contribution in [0.2, 0.25) is 0 Å². The van der Waals surface area contributed by atoms with Crippen molar-refractivity contribution in [2.75, 3.05) is 38.6 Å². The van der Waals surface area contributed by atoms with Crippen LogP contribution in [0.25, 0.3) is 10.2 Å². The first-order chi connectivity index (χ1) is 15.8. The number of fused-ring (bicyclic) bond motifs is 1. The number of nitrogens with zero attached hydrogens (tertiary/aromatic N) is 4. The highest BCUT2D eigenvalue weighted by atomic mass is 32.2. The fourth-order valence-electron chi connectivity index (χ4n) is 4.12. The molecule has 33 heavy (non-hydrogen) atoms. The van der Waals surface area contributed by atoms with Gasteiger partial charge in [0.05, 0.1) is 10.2 Å². The molecule has 4 rings (SSSR count). The van der Waals surface area contributed by atoms with Gasteiger partial charge in [-0.25, -0.2) is 13.4 Å². The Bertz CT molecular complexity index is 1210. The monoisotopic (exact) mass is 506 g/mol. The molecule has 1 unspecified atom stereocenters. The van der Waals surface area contributed by atoms with Crippen molar-refractivity contribution in [2.45, 2.75) is 42.9 Å². The molecule has 0 radical (unpaired) electrons. The number of sulfonamides is 1. The second-order valence-corrected chi connectivity index (χ2v) is 12.6. The molecule has 0 bridgehead atoms. The standard InChI is InChI=1S/C23H30N4O3S3/c1-4-17-10-11-18-20(16-17)32-23(24-18)26(13-7-12-25(2)3)22(28)19-8-5-14-27(19)33(29,30)21-9-6-15-31-21/h6,9-11,15-16,19H,4-5,7-8,12-14H2,1-3H3. The topological polar surface area (TPSA) is 73.8 Å². The van der Waals surface area contributed by atoms with Gasteiger partial charge >= 0.3 is 0 Å². The number of carbonyl (C=O) groups is 1. The zero-order valence-electron chi connectivity index (χ0n) is 19.2. The number of benzene rings is 1. The summed E-state index contributed by atoms with van der Waals surface area (Å²) in [5.41, 5.74) is 2.10. The summed E-state index contributed by atoms with van der Waals surface area (Å²) in [6, 6.07) is 8.82. The lowest BCUT2D eigenvalue weighted by Crippen LogP contribution is -2.48. The average molecular weight is 507 g/mol. The molecule has 3 aromatic rings. The number of hydrogen-bond acceptors (Lipinski definition) is 7. The first-order valence-electron chi connectivity index (χ1n) is 11.2. The van der Waals surface area contributed by atoms with Gasteiger partial charge in [-0.15, -0.1) is 11.3 Å². The maximum absolute atomic E-state index is 13.8. The van der Waals surface area contributed by atoms with E-state index >= 15 is 0 Å². The average Bonchev–Trinajstić information content (AvgIpc) is 3.55. The molecular weight excluding hydrogens is 476 g/mol. The van der Waals surface area contributed by atoms with Crippen molar-refractivity contribution in [3.05, 3.63) is 41.3 Å². The van der Waals surface area contributed by atoms with Crippen LogP contribution < -0.4 is 4.90 Å². The van der Waals surface area contributed by atoms with E-state index in [1.54, 1.807) is 22.4 Å². The van der Waals surface area contributed by atoms with E-state index in [1.165, 1.54) is 32.5 Å². The fraction of sp³-hybridized carbons (Fsp3) is 0.478. The Morgan fingerprint density at radius 1 is 1.24 bits per heavy atom. The molecule has 1 aliphatic heterocycles. The Balaban J connectivity index is 1.65. The van der Waals surface area contributed by atoms with Gasteiger partial charge in [0.1, 0.15) is 10.3 Å². The van der Waals surface area contributed by atoms with Gasteiger partial charge in [0.25, 0.3) is 10.0 Å². The second kappa shape index (κ2) is 10.2. The van der Waals surface area contributed by atoms with Gasteiger partial charge < -0.3 is 4.90 Å². The van der Waals surface area contributed by atoms with Crippen LogP contribution in [0.15, 0.2) is 39.9 Å². The third-order valence-electron chi connectivity index (χ3n) is 5.88. The number of aromatic nitrogens is 1. The van der Waals surface area contributed by atoms with Crippen molar-refractivity contribution in [1.82, 2.24) is 14.2 Å². The van der Waals surface area contributed by atoms with Crippen LogP contribution in [-0.4, -0.2) is 68.3 Å². The van der Waals surface area contributed by atoms with Gasteiger partial charge in [-0.1, -0.05) is 30.4 Å². The molecule has 7 nitrogen and oxygen atoms in total. The molecule has 3 heterocycles. The normalized spacial score (nSPS) is 17.3. The molecule has 1 aromatic carbocycles. The van der Waals surface area contributed by atoms with E-state index in [1.807, 2.05) is 20.2 Å². The number of thiophene rings is 1. The van der Waals surface area contributed by atoms with Crippen molar-refractivity contribution in [1.29, 1.82) is 0 Å². The summed E-state index contributed by atoms with van der Waals surface area (Å²) in [6.45, 7) is 3.81. The molecular formula is C23H30N4O3S3. The van der Waals surface area contributed by atoms with Crippen LogP contribution >= 0.6 is 22.7 Å². The minimum absolute atomic E-state index is 0.179. The number of anilines is 1. The van der Waals surface area contributed by atoms with Gasteiger partial charge in [0.2, 0.25) is 5.91 Å². The van der Waals surface area contributed by atoms with E-state index in [9.17, 15) is 13.2 Å². The van der Waals surface area contributed by atoms with Gasteiger partial charge in [0.15, 0.2) is 5.13 Å². The molecule has 1 atom stereocenters. The van der Waals surface area contributed by atoms with Crippen molar-refractivity contribution < 1.29 is 13.2 Å². The highest BCUT2D eigenvalue weighted by molar-refractivity contribution is 7.91. The Morgan fingerprint density at radius 2 is 2.06 bits per heavy atom. The number of thiazole rings is 1. The highest BCUT2D eigenvalue weighted by Crippen LogP contribution is 2.34. The van der Waals surface area contributed by atoms with Crippen molar-refractivity contribution in [2.24, 2.45) is 0 Å². The summed E-state index contributed by atoms with van der Waals surface area (Å²) in [7, 11) is 0.311. The lowest BCUT2D eigenvalue weighted by atomic mass is 10.2. The molecule has 0 spiro atoms. The summed E-state index contributed by atoms with van der Waals surface area (Å²) in [6.07, 6.45) is 2.91. The van der Waals surface area contributed by atoms with Crippen molar-refractivity contribution >= 4 is 54.0 Å². The predicted octanol–water partition coefficient (Wildman–Crippen LogP) is 4.06. The number of amides is 1. The molecule has 0 N–H and O–H groups in total. The quantitative estimate of drug-likeness (QED) is 0.438. The van der Waals surface area contributed by atoms with Crippen molar-refractivity contribution in [3.8, 4) is 0 Å². The summed E-state index contributed by atoms with van der Waals surface area (Å²) < 4.78 is 29.2.